The smallest absolute Gasteiger partial charge is 0.469 e. The molecule has 47 heavy (non-hydrogen) atoms. The van der Waals surface area contributed by atoms with Crippen LogP contribution in [0.4, 0.5) is 0 Å². The molecule has 0 aliphatic rings. The van der Waals surface area contributed by atoms with Gasteiger partial charge >= 0.3 is 7.82 Å². The molecule has 1 unspecified atom stereocenters. The van der Waals surface area contributed by atoms with Crippen molar-refractivity contribution >= 4 is 13.7 Å². The van der Waals surface area contributed by atoms with Crippen LogP contribution in [-0.4, -0.2) is 28.3 Å². The summed E-state index contributed by atoms with van der Waals surface area (Å²) < 4.78 is 22.1. The van der Waals surface area contributed by atoms with Crippen molar-refractivity contribution in [3.63, 3.8) is 0 Å². The number of carbonyl (C=O) groups is 1. The van der Waals surface area contributed by atoms with Gasteiger partial charge in [0.1, 0.15) is 12.4 Å². The second-order valence-electron chi connectivity index (χ2n) is 12.8. The Kier molecular flexibility index (Phi) is 22.2. The molecule has 3 N–H and O–H groups in total. The van der Waals surface area contributed by atoms with Crippen LogP contribution in [0.1, 0.15) is 140 Å². The fraction of sp³-hybridized carbons (Fsp3) is 0.615. The molecule has 0 aromatic heterocycles. The van der Waals surface area contributed by atoms with E-state index in [0.717, 1.165) is 55.4 Å². The van der Waals surface area contributed by atoms with E-state index in [-0.39, 0.29) is 12.5 Å². The van der Waals surface area contributed by atoms with E-state index >= 15 is 0 Å². The average molecular weight is 672 g/mol. The van der Waals surface area contributed by atoms with E-state index in [9.17, 15) is 19.1 Å². The number of phosphoric ester groups is 1. The van der Waals surface area contributed by atoms with Crippen molar-refractivity contribution in [2.75, 3.05) is 6.61 Å². The number of phosphoric acid groups is 1. The van der Waals surface area contributed by atoms with Crippen LogP contribution in [0.15, 0.2) is 60.7 Å². The molecule has 0 saturated heterocycles. The lowest BCUT2D eigenvalue weighted by atomic mass is 10.1. The van der Waals surface area contributed by atoms with E-state index < -0.39 is 13.9 Å². The molecule has 0 aliphatic carbocycles. The van der Waals surface area contributed by atoms with Crippen molar-refractivity contribution in [2.24, 2.45) is 0 Å². The molecule has 8 heteroatoms. The molecule has 0 saturated carbocycles. The molecule has 0 bridgehead atoms. The third-order valence-corrected chi connectivity index (χ3v) is 8.86. The summed E-state index contributed by atoms with van der Waals surface area (Å²) in [5.74, 6) is 0.607. The van der Waals surface area contributed by atoms with Crippen LogP contribution in [0.2, 0.25) is 0 Å². The normalized spacial score (nSPS) is 12.4. The number of hydrogen-bond acceptors (Lipinski definition) is 4. The summed E-state index contributed by atoms with van der Waals surface area (Å²) in [5, 5.41) is 2.92. The number of unbranched alkanes of at least 4 members (excludes halogenated alkanes) is 13. The van der Waals surface area contributed by atoms with E-state index in [1.54, 1.807) is 0 Å². The number of hydrogen-bond donors (Lipinski definition) is 3. The summed E-state index contributed by atoms with van der Waals surface area (Å²) in [6, 6.07) is 15.6. The van der Waals surface area contributed by atoms with E-state index in [0.29, 0.717) is 19.4 Å². The van der Waals surface area contributed by atoms with Crippen molar-refractivity contribution in [3.05, 3.63) is 77.4 Å². The first kappa shape index (κ1) is 40.7. The average Bonchev–Trinajstić information content (AvgIpc) is 3.05. The number of carbonyl (C=O) groups excluding carboxylic acids is 1. The van der Waals surface area contributed by atoms with Gasteiger partial charge in [-0.1, -0.05) is 127 Å². The largest absolute Gasteiger partial charge is 0.489 e. The van der Waals surface area contributed by atoms with Gasteiger partial charge in [-0.3, -0.25) is 9.32 Å². The molecule has 2 aromatic carbocycles. The lowest BCUT2D eigenvalue weighted by Gasteiger charge is -2.19. The Morgan fingerprint density at radius 1 is 0.723 bits per heavy atom. The van der Waals surface area contributed by atoms with Crippen LogP contribution in [-0.2, 0) is 33.3 Å². The molecule has 2 rings (SSSR count). The monoisotopic (exact) mass is 671 g/mol. The molecule has 0 heterocycles. The van der Waals surface area contributed by atoms with Crippen molar-refractivity contribution < 1.29 is 28.4 Å². The highest BCUT2D eigenvalue weighted by atomic mass is 31.2. The van der Waals surface area contributed by atoms with Gasteiger partial charge in [-0.05, 0) is 80.2 Å². The number of amides is 1. The Hall–Kier alpha value is -2.44. The Morgan fingerprint density at radius 2 is 1.26 bits per heavy atom. The predicted octanol–water partition coefficient (Wildman–Crippen LogP) is 10.2. The molecular formula is C39H62NO6P. The summed E-state index contributed by atoms with van der Waals surface area (Å²) >= 11 is 0. The highest BCUT2D eigenvalue weighted by molar-refractivity contribution is 7.46. The molecule has 1 amide bonds. The Morgan fingerprint density at radius 3 is 1.87 bits per heavy atom. The lowest BCUT2D eigenvalue weighted by Crippen LogP contribution is -2.39. The van der Waals surface area contributed by atoms with Crippen molar-refractivity contribution in [3.8, 4) is 5.75 Å². The molecule has 0 fully saturated rings. The summed E-state index contributed by atoms with van der Waals surface area (Å²) in [4.78, 5) is 31.1. The maximum absolute atomic E-state index is 12.7. The number of benzene rings is 2. The fourth-order valence-corrected chi connectivity index (χ4v) is 5.92. The second-order valence-corrected chi connectivity index (χ2v) is 14.0. The standard InChI is InChI=1S/C39H62NO6P/c1-3-5-7-8-9-10-11-12-13-14-15-16-17-18-20-22-39(41)40-37(33-46-47(42,43)44)31-35-27-29-38(30-28-35)45-32-36-25-23-34(24-26-36)21-19-6-4-2/h12-13,23-30,37H,3-11,14-22,31-33H2,1-2H3,(H,40,41)(H2,42,43,44). The van der Waals surface area contributed by atoms with Crippen molar-refractivity contribution in [2.45, 2.75) is 148 Å². The van der Waals surface area contributed by atoms with Crippen LogP contribution >= 0.6 is 7.82 Å². The maximum Gasteiger partial charge on any atom is 0.469 e. The second kappa shape index (κ2) is 25.6. The summed E-state index contributed by atoms with van der Waals surface area (Å²) in [5.41, 5.74) is 3.37. The molecule has 1 atom stereocenters. The van der Waals surface area contributed by atoms with Gasteiger partial charge in [0.05, 0.1) is 12.6 Å². The number of nitrogens with one attached hydrogen (secondary N) is 1. The first-order chi connectivity index (χ1) is 22.8. The lowest BCUT2D eigenvalue weighted by molar-refractivity contribution is -0.122. The van der Waals surface area contributed by atoms with E-state index in [2.05, 4.69) is 55.6 Å². The van der Waals surface area contributed by atoms with E-state index in [1.807, 2.05) is 24.3 Å². The summed E-state index contributed by atoms with van der Waals surface area (Å²) in [6.07, 6.45) is 25.8. The topological polar surface area (TPSA) is 105 Å². The molecular weight excluding hydrogens is 609 g/mol. The minimum absolute atomic E-state index is 0.127. The maximum atomic E-state index is 12.7. The third kappa shape index (κ3) is 21.9. The zero-order valence-corrected chi connectivity index (χ0v) is 30.1. The molecule has 0 radical (unpaired) electrons. The number of ether oxygens (including phenoxy) is 1. The minimum atomic E-state index is -4.65. The van der Waals surface area contributed by atoms with Crippen LogP contribution in [0.25, 0.3) is 0 Å². The van der Waals surface area contributed by atoms with Gasteiger partial charge < -0.3 is 19.8 Å². The third-order valence-electron chi connectivity index (χ3n) is 8.38. The highest BCUT2D eigenvalue weighted by Gasteiger charge is 2.20. The van der Waals surface area contributed by atoms with E-state index in [4.69, 9.17) is 9.26 Å². The Bertz CT molecular complexity index is 1150. The quantitative estimate of drug-likeness (QED) is 0.0472. The number of aryl methyl sites for hydroxylation is 1. The van der Waals surface area contributed by atoms with Crippen molar-refractivity contribution in [1.82, 2.24) is 5.32 Å². The minimum Gasteiger partial charge on any atom is -0.489 e. The van der Waals surface area contributed by atoms with Gasteiger partial charge in [0, 0.05) is 6.42 Å². The van der Waals surface area contributed by atoms with Crippen molar-refractivity contribution in [1.29, 1.82) is 0 Å². The first-order valence-corrected chi connectivity index (χ1v) is 19.8. The van der Waals surface area contributed by atoms with Gasteiger partial charge in [0.15, 0.2) is 0 Å². The first-order valence-electron chi connectivity index (χ1n) is 18.2. The highest BCUT2D eigenvalue weighted by Crippen LogP contribution is 2.35. The zero-order valence-electron chi connectivity index (χ0n) is 29.2. The van der Waals surface area contributed by atoms with Gasteiger partial charge in [0.25, 0.3) is 0 Å². The van der Waals surface area contributed by atoms with Crippen LogP contribution in [0.5, 0.6) is 5.75 Å². The Balaban J connectivity index is 1.67. The van der Waals surface area contributed by atoms with Gasteiger partial charge in [0.2, 0.25) is 5.91 Å². The van der Waals surface area contributed by atoms with Gasteiger partial charge in [-0.2, -0.15) is 0 Å². The number of rotatable bonds is 28. The molecule has 0 spiro atoms. The van der Waals surface area contributed by atoms with Crippen LogP contribution in [0, 0.1) is 0 Å². The fourth-order valence-electron chi connectivity index (χ4n) is 5.55. The molecule has 264 valence electrons. The van der Waals surface area contributed by atoms with Gasteiger partial charge in [-0.25, -0.2) is 4.57 Å². The predicted molar refractivity (Wildman–Crippen MR) is 194 cm³/mol. The van der Waals surface area contributed by atoms with Crippen LogP contribution in [0.3, 0.4) is 0 Å². The number of allylic oxidation sites excluding steroid dienone is 2. The SMILES string of the molecule is CCCCCCCCC=CCCCCCCCC(=O)NC(COP(=O)(O)O)Cc1ccc(OCc2ccc(CCCCC)cc2)cc1. The summed E-state index contributed by atoms with van der Waals surface area (Å²) in [7, 11) is -4.65. The van der Waals surface area contributed by atoms with Gasteiger partial charge in [-0.15, -0.1) is 0 Å². The van der Waals surface area contributed by atoms with Crippen LogP contribution < -0.4 is 10.1 Å². The molecule has 0 aliphatic heterocycles. The Labute approximate surface area is 285 Å². The van der Waals surface area contributed by atoms with E-state index in [1.165, 1.54) is 76.2 Å². The zero-order chi connectivity index (χ0) is 34.0. The molecule has 2 aromatic rings. The molecule has 7 nitrogen and oxygen atoms in total. The summed E-state index contributed by atoms with van der Waals surface area (Å²) in [6.45, 7) is 4.67.